The summed E-state index contributed by atoms with van der Waals surface area (Å²) in [5, 5.41) is 0. The van der Waals surface area contributed by atoms with Crippen LogP contribution in [0.1, 0.15) is 15.9 Å². The van der Waals surface area contributed by atoms with Gasteiger partial charge in [-0.25, -0.2) is 4.85 Å². The van der Waals surface area contributed by atoms with Crippen LogP contribution in [0.4, 0.5) is 5.69 Å². The Morgan fingerprint density at radius 3 is 2.53 bits per heavy atom. The van der Waals surface area contributed by atoms with Crippen molar-refractivity contribution >= 4 is 11.5 Å². The fraction of sp³-hybridized carbons (Fsp3) is 0.0667. The summed E-state index contributed by atoms with van der Waals surface area (Å²) in [4.78, 5) is 15.3. The monoisotopic (exact) mass is 221 g/mol. The smallest absolute Gasteiger partial charge is 0.187 e. The molecule has 0 spiro atoms. The molecule has 0 fully saturated rings. The second-order valence-electron chi connectivity index (χ2n) is 3.75. The third-order valence-electron chi connectivity index (χ3n) is 2.50. The van der Waals surface area contributed by atoms with Gasteiger partial charge in [0.05, 0.1) is 6.57 Å². The minimum Gasteiger partial charge on any atom is -0.294 e. The van der Waals surface area contributed by atoms with E-state index in [0.29, 0.717) is 17.7 Å². The Hall–Kier alpha value is -2.40. The summed E-state index contributed by atoms with van der Waals surface area (Å²) >= 11 is 0. The third-order valence-corrected chi connectivity index (χ3v) is 2.50. The van der Waals surface area contributed by atoms with Crippen molar-refractivity contribution in [3.05, 3.63) is 77.1 Å². The first-order valence-electron chi connectivity index (χ1n) is 5.34. The van der Waals surface area contributed by atoms with Gasteiger partial charge in [-0.3, -0.25) is 4.79 Å². The fourth-order valence-corrected chi connectivity index (χ4v) is 1.65. The summed E-state index contributed by atoms with van der Waals surface area (Å²) < 4.78 is 0. The number of carbonyl (C=O) groups is 1. The SMILES string of the molecule is [C-]#[N+]c1cccc(CC(=O)c2ccccc2)c1. The first-order chi connectivity index (χ1) is 8.29. The van der Waals surface area contributed by atoms with E-state index >= 15 is 0 Å². The van der Waals surface area contributed by atoms with Gasteiger partial charge in [0.15, 0.2) is 11.5 Å². The molecule has 0 saturated heterocycles. The van der Waals surface area contributed by atoms with Gasteiger partial charge in [0.2, 0.25) is 0 Å². The van der Waals surface area contributed by atoms with Crippen LogP contribution in [-0.2, 0) is 6.42 Å². The topological polar surface area (TPSA) is 21.4 Å². The van der Waals surface area contributed by atoms with Gasteiger partial charge in [-0.2, -0.15) is 0 Å². The number of hydrogen-bond donors (Lipinski definition) is 0. The molecule has 2 rings (SSSR count). The second kappa shape index (κ2) is 5.09. The number of benzene rings is 2. The number of nitrogens with zero attached hydrogens (tertiary/aromatic N) is 1. The van der Waals surface area contributed by atoms with Gasteiger partial charge in [-0.1, -0.05) is 60.2 Å². The molecule has 0 bridgehead atoms. The van der Waals surface area contributed by atoms with E-state index in [1.54, 1.807) is 30.3 Å². The lowest BCUT2D eigenvalue weighted by atomic mass is 10.0. The maximum Gasteiger partial charge on any atom is 0.187 e. The van der Waals surface area contributed by atoms with Gasteiger partial charge in [0.1, 0.15) is 0 Å². The standard InChI is InChI=1S/C15H11NO/c1-16-14-9-5-6-12(10-14)11-15(17)13-7-3-2-4-8-13/h2-10H,11H2. The zero-order valence-electron chi connectivity index (χ0n) is 9.26. The average Bonchev–Trinajstić information content (AvgIpc) is 2.40. The van der Waals surface area contributed by atoms with E-state index in [4.69, 9.17) is 6.57 Å². The van der Waals surface area contributed by atoms with Crippen molar-refractivity contribution in [2.75, 3.05) is 0 Å². The quantitative estimate of drug-likeness (QED) is 0.572. The third kappa shape index (κ3) is 2.79. The van der Waals surface area contributed by atoms with Crippen molar-refractivity contribution in [2.45, 2.75) is 6.42 Å². The van der Waals surface area contributed by atoms with Crippen LogP contribution in [0.5, 0.6) is 0 Å². The molecule has 0 saturated carbocycles. The Morgan fingerprint density at radius 2 is 1.82 bits per heavy atom. The summed E-state index contributed by atoms with van der Waals surface area (Å²) in [6.07, 6.45) is 0.341. The highest BCUT2D eigenvalue weighted by atomic mass is 16.1. The average molecular weight is 221 g/mol. The fourth-order valence-electron chi connectivity index (χ4n) is 1.65. The maximum absolute atomic E-state index is 11.9. The summed E-state index contributed by atoms with van der Waals surface area (Å²) in [7, 11) is 0. The molecule has 0 atom stereocenters. The molecule has 2 heteroatoms. The Balaban J connectivity index is 2.17. The number of rotatable bonds is 3. The van der Waals surface area contributed by atoms with Gasteiger partial charge < -0.3 is 0 Å². The van der Waals surface area contributed by atoms with Crippen molar-refractivity contribution in [1.82, 2.24) is 0 Å². The normalized spacial score (nSPS) is 9.59. The predicted molar refractivity (Wildman–Crippen MR) is 67.2 cm³/mol. The van der Waals surface area contributed by atoms with E-state index in [1.807, 2.05) is 24.3 Å². The highest BCUT2D eigenvalue weighted by molar-refractivity contribution is 5.97. The van der Waals surface area contributed by atoms with E-state index in [0.717, 1.165) is 5.56 Å². The summed E-state index contributed by atoms with van der Waals surface area (Å²) in [5.41, 5.74) is 2.16. The van der Waals surface area contributed by atoms with Crippen LogP contribution in [0.25, 0.3) is 4.85 Å². The van der Waals surface area contributed by atoms with Crippen LogP contribution in [0, 0.1) is 6.57 Å². The van der Waals surface area contributed by atoms with Crippen molar-refractivity contribution in [2.24, 2.45) is 0 Å². The van der Waals surface area contributed by atoms with Crippen LogP contribution in [0.2, 0.25) is 0 Å². The highest BCUT2D eigenvalue weighted by Gasteiger charge is 2.06. The molecule has 82 valence electrons. The molecule has 0 aliphatic rings. The van der Waals surface area contributed by atoms with Crippen molar-refractivity contribution in [3.8, 4) is 0 Å². The molecule has 0 aliphatic carbocycles. The van der Waals surface area contributed by atoms with Crippen molar-refractivity contribution in [3.63, 3.8) is 0 Å². The first kappa shape index (κ1) is 11.1. The lowest BCUT2D eigenvalue weighted by Crippen LogP contribution is -2.02. The molecule has 0 unspecified atom stereocenters. The zero-order valence-corrected chi connectivity index (χ0v) is 9.26. The van der Waals surface area contributed by atoms with Gasteiger partial charge in [-0.05, 0) is 0 Å². The Kier molecular flexibility index (Phi) is 3.32. The summed E-state index contributed by atoms with van der Waals surface area (Å²) in [6.45, 7) is 6.93. The minimum absolute atomic E-state index is 0.0766. The molecule has 0 aliphatic heterocycles. The van der Waals surface area contributed by atoms with Gasteiger partial charge >= 0.3 is 0 Å². The lowest BCUT2D eigenvalue weighted by Gasteiger charge is -2.01. The van der Waals surface area contributed by atoms with Crippen LogP contribution in [0.3, 0.4) is 0 Å². The Bertz CT molecular complexity index is 567. The molecular formula is C15H11NO. The predicted octanol–water partition coefficient (Wildman–Crippen LogP) is 3.66. The molecular weight excluding hydrogens is 210 g/mol. The maximum atomic E-state index is 11.9. The van der Waals surface area contributed by atoms with Crippen molar-refractivity contribution < 1.29 is 4.79 Å². The summed E-state index contributed by atoms with van der Waals surface area (Å²) in [6, 6.07) is 16.4. The zero-order chi connectivity index (χ0) is 12.1. The second-order valence-corrected chi connectivity index (χ2v) is 3.75. The summed E-state index contributed by atoms with van der Waals surface area (Å²) in [5.74, 6) is 0.0766. The largest absolute Gasteiger partial charge is 0.294 e. The van der Waals surface area contributed by atoms with E-state index < -0.39 is 0 Å². The Morgan fingerprint density at radius 1 is 1.06 bits per heavy atom. The molecule has 0 amide bonds. The molecule has 2 nitrogen and oxygen atoms in total. The number of carbonyl (C=O) groups excluding carboxylic acids is 1. The first-order valence-corrected chi connectivity index (χ1v) is 5.34. The molecule has 0 N–H and O–H groups in total. The number of hydrogen-bond acceptors (Lipinski definition) is 1. The molecule has 2 aromatic carbocycles. The van der Waals surface area contributed by atoms with E-state index in [-0.39, 0.29) is 5.78 Å². The van der Waals surface area contributed by atoms with Gasteiger partial charge in [-0.15, -0.1) is 0 Å². The molecule has 0 aromatic heterocycles. The highest BCUT2D eigenvalue weighted by Crippen LogP contribution is 2.15. The van der Waals surface area contributed by atoms with E-state index in [2.05, 4.69) is 4.85 Å². The molecule has 0 radical (unpaired) electrons. The van der Waals surface area contributed by atoms with Crippen LogP contribution in [-0.4, -0.2) is 5.78 Å². The number of Topliss-reactive ketones (excluding diaryl/α,β-unsaturated/α-hetero) is 1. The number of ketones is 1. The van der Waals surface area contributed by atoms with E-state index in [1.165, 1.54) is 0 Å². The van der Waals surface area contributed by atoms with Crippen LogP contribution in [0.15, 0.2) is 54.6 Å². The van der Waals surface area contributed by atoms with E-state index in [9.17, 15) is 4.79 Å². The van der Waals surface area contributed by atoms with Crippen LogP contribution < -0.4 is 0 Å². The lowest BCUT2D eigenvalue weighted by molar-refractivity contribution is 0.0993. The molecule has 17 heavy (non-hydrogen) atoms. The Labute approximate surface area is 100 Å². The minimum atomic E-state index is 0.0766. The molecule has 0 heterocycles. The molecule has 2 aromatic rings. The van der Waals surface area contributed by atoms with Crippen molar-refractivity contribution in [1.29, 1.82) is 0 Å². The van der Waals surface area contributed by atoms with Crippen LogP contribution >= 0.6 is 0 Å². The van der Waals surface area contributed by atoms with Gasteiger partial charge in [0.25, 0.3) is 0 Å². The van der Waals surface area contributed by atoms with Gasteiger partial charge in [0, 0.05) is 12.0 Å².